The van der Waals surface area contributed by atoms with Crippen molar-refractivity contribution in [2.24, 2.45) is 4.67 Å². The number of hydrogen-bond acceptors (Lipinski definition) is 1. The first-order valence-electron chi connectivity index (χ1n) is 0.516. The summed E-state index contributed by atoms with van der Waals surface area (Å²) in [6.07, 6.45) is 0. The number of hydrogen-bond donors (Lipinski definition) is 0. The van der Waals surface area contributed by atoms with Crippen LogP contribution in [-0.2, 0) is 0 Å². The van der Waals surface area contributed by atoms with Gasteiger partial charge in [0.2, 0.25) is 0 Å². The Bertz CT molecular complexity index is 15.5. The molecule has 0 aliphatic rings. The largest absolute Gasteiger partial charge is 1.00 e. The van der Waals surface area contributed by atoms with Gasteiger partial charge in [0, 0.05) is 0 Å². The van der Waals surface area contributed by atoms with Crippen LogP contribution in [0.3, 0.4) is 0 Å². The van der Waals surface area contributed by atoms with Gasteiger partial charge in [0.05, 0.1) is 0 Å². The Morgan fingerprint density at radius 2 is 1.75 bits per heavy atom. The molecule has 1 atom stereocenters. The van der Waals surface area contributed by atoms with Crippen LogP contribution in [0.1, 0.15) is 0 Å². The average molecular weight is 96.9 g/mol. The molecule has 0 aliphatic heterocycles. The Morgan fingerprint density at radius 1 is 1.75 bits per heavy atom. The topological polar surface area (TPSA) is 12.4 Å². The van der Waals surface area contributed by atoms with Crippen molar-refractivity contribution in [3.63, 3.8) is 0 Å². The predicted octanol–water partition coefficient (Wildman–Crippen LogP) is -2.87. The van der Waals surface area contributed by atoms with Gasteiger partial charge in [-0.15, -0.1) is 0 Å². The molecule has 0 spiro atoms. The van der Waals surface area contributed by atoms with Gasteiger partial charge in [0.15, 0.2) is 0 Å². The van der Waals surface area contributed by atoms with E-state index in [9.17, 15) is 0 Å². The summed E-state index contributed by atoms with van der Waals surface area (Å²) in [5, 5.41) is 0. The fraction of sp³-hybridized carbons (Fsp3) is 0. The molecular weight excluding hydrogens is 94.9 g/mol. The zero-order valence-electron chi connectivity index (χ0n) is 2.60. The van der Waals surface area contributed by atoms with E-state index in [0.29, 0.717) is 0 Å². The van der Waals surface area contributed by atoms with Crippen molar-refractivity contribution in [1.29, 1.82) is 0 Å². The number of nitrogens with zero attached hydrogens (tertiary/aromatic N) is 1. The Kier molecular flexibility index (Phi) is 20.7. The molecule has 0 amide bonds. The first-order chi connectivity index (χ1) is 1.41. The van der Waals surface area contributed by atoms with Crippen LogP contribution < -0.4 is 51.4 Å². The molecule has 0 bridgehead atoms. The van der Waals surface area contributed by atoms with Crippen LogP contribution in [0.5, 0.6) is 0 Å². The zero-order valence-corrected chi connectivity index (χ0v) is 6.88. The minimum absolute atomic E-state index is 0. The van der Waals surface area contributed by atoms with Gasteiger partial charge in [-0.25, -0.2) is 0 Å². The third kappa shape index (κ3) is 9.06. The van der Waals surface area contributed by atoms with E-state index in [4.69, 9.17) is 0 Å². The molecule has 0 heterocycles. The maximum Gasteiger partial charge on any atom is 1.00 e. The van der Waals surface area contributed by atoms with Crippen molar-refractivity contribution in [1.82, 2.24) is 0 Å². The van der Waals surface area contributed by atoms with Gasteiger partial charge in [0.1, 0.15) is 0 Å². The molecule has 0 N–H and O–H groups in total. The van der Waals surface area contributed by atoms with E-state index >= 15 is 0 Å². The first kappa shape index (κ1) is 9.33. The first-order valence-corrected chi connectivity index (χ1v) is 1.03. The van der Waals surface area contributed by atoms with Gasteiger partial charge in [-0.05, 0) is 0 Å². The Balaban J connectivity index is 0. The molecule has 0 fully saturated rings. The normalized spacial score (nSPS) is 3.25. The smallest absolute Gasteiger partial charge is 0.614 e. The van der Waals surface area contributed by atoms with Crippen molar-refractivity contribution >= 4 is 17.0 Å². The molecule has 1 unspecified atom stereocenters. The van der Waals surface area contributed by atoms with Gasteiger partial charge in [-0.1, -0.05) is 9.39 Å². The standard InChI is InChI=1S/BH2NP.K/c1-2-3;/h3H2;/q-1;+1. The van der Waals surface area contributed by atoms with Gasteiger partial charge in [0.25, 0.3) is 0 Å². The third-order valence-corrected chi connectivity index (χ3v) is 0. The van der Waals surface area contributed by atoms with E-state index in [1.165, 1.54) is 0 Å². The molecule has 4 heteroatoms. The molecular formula is H2BKNP. The fourth-order valence-corrected chi connectivity index (χ4v) is 0. The van der Waals surface area contributed by atoms with Crippen LogP contribution in [0.15, 0.2) is 4.67 Å². The molecule has 0 aromatic carbocycles. The van der Waals surface area contributed by atoms with E-state index < -0.39 is 0 Å². The van der Waals surface area contributed by atoms with Gasteiger partial charge in [-0.3, -0.25) is 0 Å². The van der Waals surface area contributed by atoms with Crippen LogP contribution in [0.2, 0.25) is 0 Å². The van der Waals surface area contributed by atoms with E-state index in [1.54, 1.807) is 0 Å². The molecule has 0 saturated carbocycles. The Morgan fingerprint density at radius 3 is 1.75 bits per heavy atom. The van der Waals surface area contributed by atoms with Crippen molar-refractivity contribution < 1.29 is 51.4 Å². The second kappa shape index (κ2) is 8.87. The van der Waals surface area contributed by atoms with Gasteiger partial charge < -0.3 is 12.3 Å². The summed E-state index contributed by atoms with van der Waals surface area (Å²) in [6.45, 7) is 0. The van der Waals surface area contributed by atoms with Crippen LogP contribution in [-0.4, -0.2) is 7.64 Å². The van der Waals surface area contributed by atoms with Crippen LogP contribution in [0, 0.1) is 0 Å². The quantitative estimate of drug-likeness (QED) is 0.227. The van der Waals surface area contributed by atoms with Crippen LogP contribution in [0.25, 0.3) is 0 Å². The second-order valence-electron chi connectivity index (χ2n) is 0.149. The molecule has 2 radical (unpaired) electrons. The maximum absolute atomic E-state index is 4.44. The molecule has 0 aliphatic carbocycles. The van der Waals surface area contributed by atoms with Crippen molar-refractivity contribution in [2.75, 3.05) is 0 Å². The Hall–Kier alpha value is 1.93. The van der Waals surface area contributed by atoms with Crippen LogP contribution >= 0.6 is 9.39 Å². The molecule has 4 heavy (non-hydrogen) atoms. The van der Waals surface area contributed by atoms with E-state index in [0.717, 1.165) is 0 Å². The maximum atomic E-state index is 4.44. The van der Waals surface area contributed by atoms with E-state index in [2.05, 4.69) is 12.3 Å². The van der Waals surface area contributed by atoms with Crippen LogP contribution in [0.4, 0.5) is 0 Å². The van der Waals surface area contributed by atoms with Gasteiger partial charge in [-0.2, -0.15) is 0 Å². The predicted molar refractivity (Wildman–Crippen MR) is 17.9 cm³/mol. The summed E-state index contributed by atoms with van der Waals surface area (Å²) < 4.78 is 2.92. The SMILES string of the molecule is [B-]=NP.[K+]. The second-order valence-corrected chi connectivity index (χ2v) is 0.447. The molecule has 0 aromatic rings. The summed E-state index contributed by atoms with van der Waals surface area (Å²) in [6, 6.07) is 0. The van der Waals surface area contributed by atoms with Crippen molar-refractivity contribution in [3.05, 3.63) is 0 Å². The third-order valence-electron chi connectivity index (χ3n) is 0. The number of rotatable bonds is 0. The summed E-state index contributed by atoms with van der Waals surface area (Å²) in [5.41, 5.74) is 0. The fourth-order valence-electron chi connectivity index (χ4n) is 0. The van der Waals surface area contributed by atoms with Gasteiger partial charge >= 0.3 is 51.4 Å². The molecule has 0 rings (SSSR count). The molecule has 1 nitrogen and oxygen atoms in total. The minimum atomic E-state index is 0. The van der Waals surface area contributed by atoms with E-state index in [-0.39, 0.29) is 51.4 Å². The summed E-state index contributed by atoms with van der Waals surface area (Å²) in [4.78, 5) is 0. The summed E-state index contributed by atoms with van der Waals surface area (Å²) >= 11 is 0. The zero-order chi connectivity index (χ0) is 2.71. The van der Waals surface area contributed by atoms with Crippen molar-refractivity contribution in [2.45, 2.75) is 0 Å². The summed E-state index contributed by atoms with van der Waals surface area (Å²) in [7, 11) is 6.42. The average Bonchev–Trinajstić information content (AvgIpc) is 0.918. The monoisotopic (exact) mass is 97.0 g/mol. The molecule has 0 aromatic heterocycles. The minimum Gasteiger partial charge on any atom is -0.614 e. The van der Waals surface area contributed by atoms with E-state index in [1.807, 2.05) is 9.39 Å². The summed E-state index contributed by atoms with van der Waals surface area (Å²) in [5.74, 6) is 0. The Labute approximate surface area is 71.7 Å². The van der Waals surface area contributed by atoms with Crippen molar-refractivity contribution in [3.8, 4) is 0 Å². The molecule has 16 valence electrons. The molecule has 0 saturated heterocycles.